The van der Waals surface area contributed by atoms with Crippen LogP contribution in [0.4, 0.5) is 0 Å². The number of aromatic nitrogens is 2. The molecule has 1 aliphatic rings. The lowest BCUT2D eigenvalue weighted by molar-refractivity contribution is 0.164. The van der Waals surface area contributed by atoms with Gasteiger partial charge in [0.1, 0.15) is 5.82 Å². The van der Waals surface area contributed by atoms with E-state index >= 15 is 0 Å². The molecule has 3 heterocycles. The molecule has 0 aromatic carbocycles. The van der Waals surface area contributed by atoms with Crippen molar-refractivity contribution in [3.63, 3.8) is 0 Å². The summed E-state index contributed by atoms with van der Waals surface area (Å²) >= 11 is 1.86. The molecule has 3 rings (SSSR count). The predicted octanol–water partition coefficient (Wildman–Crippen LogP) is 3.28. The Balaban J connectivity index is 1.72. The fraction of sp³-hybridized carbons (Fsp3) is 0.611. The van der Waals surface area contributed by atoms with Gasteiger partial charge in [0.2, 0.25) is 0 Å². The molecule has 5 heteroatoms. The summed E-state index contributed by atoms with van der Waals surface area (Å²) in [6.07, 6.45) is 4.71. The van der Waals surface area contributed by atoms with Gasteiger partial charge in [0.05, 0.1) is 5.69 Å². The van der Waals surface area contributed by atoms with Crippen LogP contribution in [0.15, 0.2) is 23.7 Å². The number of hydrogen-bond donors (Lipinski definition) is 0. The minimum absolute atomic E-state index is 0.703. The zero-order chi connectivity index (χ0) is 16.2. The predicted molar refractivity (Wildman–Crippen MR) is 96.6 cm³/mol. The van der Waals surface area contributed by atoms with E-state index in [1.54, 1.807) is 0 Å². The first-order chi connectivity index (χ1) is 11.2. The first-order valence-electron chi connectivity index (χ1n) is 8.63. The maximum absolute atomic E-state index is 4.46. The molecule has 1 atom stereocenters. The molecule has 126 valence electrons. The summed E-state index contributed by atoms with van der Waals surface area (Å²) in [5, 5.41) is 2.18. The topological polar surface area (TPSA) is 24.3 Å². The normalized spacial score (nSPS) is 19.0. The van der Waals surface area contributed by atoms with Crippen LogP contribution in [0.2, 0.25) is 0 Å². The third kappa shape index (κ3) is 4.03. The molecule has 1 saturated heterocycles. The minimum Gasteiger partial charge on any atom is -0.334 e. The molecule has 2 aromatic heterocycles. The van der Waals surface area contributed by atoms with Crippen molar-refractivity contribution >= 4 is 11.3 Å². The fourth-order valence-corrected chi connectivity index (χ4v) is 4.30. The summed E-state index contributed by atoms with van der Waals surface area (Å²) in [5.74, 6) is 1.09. The molecule has 0 spiro atoms. The molecule has 1 aliphatic heterocycles. The van der Waals surface area contributed by atoms with E-state index in [4.69, 9.17) is 0 Å². The lowest BCUT2D eigenvalue weighted by Crippen LogP contribution is -2.39. The van der Waals surface area contributed by atoms with E-state index < -0.39 is 0 Å². The molecule has 0 N–H and O–H groups in total. The Kier molecular flexibility index (Phi) is 5.51. The number of likely N-dealkylation sites (N-methyl/N-ethyl adjacent to an activating group) is 1. The molecule has 0 aliphatic carbocycles. The van der Waals surface area contributed by atoms with E-state index in [2.05, 4.69) is 57.8 Å². The summed E-state index contributed by atoms with van der Waals surface area (Å²) in [5.41, 5.74) is 1.31. The smallest absolute Gasteiger partial charge is 0.105 e. The van der Waals surface area contributed by atoms with Gasteiger partial charge < -0.3 is 4.57 Å². The second kappa shape index (κ2) is 7.60. The molecule has 1 fully saturated rings. The van der Waals surface area contributed by atoms with Crippen LogP contribution >= 0.6 is 11.3 Å². The Morgan fingerprint density at radius 3 is 2.91 bits per heavy atom. The van der Waals surface area contributed by atoms with E-state index in [1.165, 1.54) is 36.5 Å². The molecule has 23 heavy (non-hydrogen) atoms. The summed E-state index contributed by atoms with van der Waals surface area (Å²) < 4.78 is 2.22. The van der Waals surface area contributed by atoms with Crippen molar-refractivity contribution in [2.24, 2.45) is 7.05 Å². The van der Waals surface area contributed by atoms with Gasteiger partial charge >= 0.3 is 0 Å². The highest BCUT2D eigenvalue weighted by Gasteiger charge is 2.25. The Morgan fingerprint density at radius 2 is 2.26 bits per heavy atom. The summed E-state index contributed by atoms with van der Waals surface area (Å²) in [6, 6.07) is 5.10. The van der Waals surface area contributed by atoms with Gasteiger partial charge in [-0.1, -0.05) is 13.0 Å². The molecular formula is C18H28N4S. The number of rotatable bonds is 7. The number of hydrogen-bond acceptors (Lipinski definition) is 4. The highest BCUT2D eigenvalue weighted by Crippen LogP contribution is 2.21. The number of aryl methyl sites for hydroxylation is 1. The van der Waals surface area contributed by atoms with E-state index in [9.17, 15) is 0 Å². The first kappa shape index (κ1) is 16.7. The quantitative estimate of drug-likeness (QED) is 0.778. The highest BCUT2D eigenvalue weighted by atomic mass is 32.1. The Morgan fingerprint density at radius 1 is 1.39 bits per heavy atom. The SMILES string of the molecule is CCN1CCCC1CN(Cc1cccs1)Cc1cnc(C)n1C. The molecule has 1 unspecified atom stereocenters. The van der Waals surface area contributed by atoms with Crippen molar-refractivity contribution in [2.75, 3.05) is 19.6 Å². The standard InChI is InChI=1S/C18H28N4S/c1-4-22-9-5-7-16(22)12-21(14-18-8-6-10-23-18)13-17-11-19-15(2)20(17)3/h6,8,10-11,16H,4-5,7,9,12-14H2,1-3H3. The van der Waals surface area contributed by atoms with Crippen molar-refractivity contribution < 1.29 is 0 Å². The van der Waals surface area contributed by atoms with E-state index in [0.717, 1.165) is 25.5 Å². The molecule has 4 nitrogen and oxygen atoms in total. The van der Waals surface area contributed by atoms with Crippen molar-refractivity contribution in [1.29, 1.82) is 0 Å². The molecule has 0 amide bonds. The molecule has 2 aromatic rings. The van der Waals surface area contributed by atoms with Gasteiger partial charge in [0.25, 0.3) is 0 Å². The van der Waals surface area contributed by atoms with Crippen molar-refractivity contribution in [1.82, 2.24) is 19.4 Å². The lowest BCUT2D eigenvalue weighted by atomic mass is 10.2. The zero-order valence-corrected chi connectivity index (χ0v) is 15.4. The summed E-state index contributed by atoms with van der Waals surface area (Å²) in [4.78, 5) is 11.1. The average Bonchev–Trinajstić information content (AvgIpc) is 3.26. The van der Waals surface area contributed by atoms with Gasteiger partial charge in [-0.3, -0.25) is 9.80 Å². The number of nitrogens with zero attached hydrogens (tertiary/aromatic N) is 4. The van der Waals surface area contributed by atoms with Crippen LogP contribution in [-0.2, 0) is 20.1 Å². The van der Waals surface area contributed by atoms with Crippen LogP contribution in [0, 0.1) is 6.92 Å². The van der Waals surface area contributed by atoms with Crippen LogP contribution in [0.5, 0.6) is 0 Å². The van der Waals surface area contributed by atoms with Crippen LogP contribution < -0.4 is 0 Å². The molecule has 0 bridgehead atoms. The van der Waals surface area contributed by atoms with E-state index in [1.807, 2.05) is 17.5 Å². The Labute approximate surface area is 143 Å². The van der Waals surface area contributed by atoms with Crippen molar-refractivity contribution in [3.8, 4) is 0 Å². The molecular weight excluding hydrogens is 304 g/mol. The van der Waals surface area contributed by atoms with Gasteiger partial charge in [-0.15, -0.1) is 11.3 Å². The molecule has 0 radical (unpaired) electrons. The average molecular weight is 333 g/mol. The Bertz CT molecular complexity index is 605. The number of likely N-dealkylation sites (tertiary alicyclic amines) is 1. The Hall–Kier alpha value is -1.17. The number of thiophene rings is 1. The number of imidazole rings is 1. The van der Waals surface area contributed by atoms with Crippen LogP contribution in [0.1, 0.15) is 36.2 Å². The largest absolute Gasteiger partial charge is 0.334 e. The maximum atomic E-state index is 4.46. The van der Waals surface area contributed by atoms with Crippen LogP contribution in [0.3, 0.4) is 0 Å². The van der Waals surface area contributed by atoms with Crippen LogP contribution in [-0.4, -0.2) is 45.0 Å². The van der Waals surface area contributed by atoms with Gasteiger partial charge in [0.15, 0.2) is 0 Å². The van der Waals surface area contributed by atoms with E-state index in [-0.39, 0.29) is 0 Å². The van der Waals surface area contributed by atoms with Gasteiger partial charge in [-0.05, 0) is 44.3 Å². The van der Waals surface area contributed by atoms with Gasteiger partial charge in [-0.2, -0.15) is 0 Å². The van der Waals surface area contributed by atoms with E-state index in [0.29, 0.717) is 6.04 Å². The fourth-order valence-electron chi connectivity index (χ4n) is 3.55. The third-order valence-electron chi connectivity index (χ3n) is 5.04. The van der Waals surface area contributed by atoms with Crippen molar-refractivity contribution in [2.45, 2.75) is 45.8 Å². The highest BCUT2D eigenvalue weighted by molar-refractivity contribution is 7.09. The zero-order valence-electron chi connectivity index (χ0n) is 14.5. The third-order valence-corrected chi connectivity index (χ3v) is 5.90. The van der Waals surface area contributed by atoms with Gasteiger partial charge in [-0.25, -0.2) is 4.98 Å². The summed E-state index contributed by atoms with van der Waals surface area (Å²) in [6.45, 7) is 9.95. The lowest BCUT2D eigenvalue weighted by Gasteiger charge is -2.30. The summed E-state index contributed by atoms with van der Waals surface area (Å²) in [7, 11) is 2.12. The monoisotopic (exact) mass is 332 g/mol. The van der Waals surface area contributed by atoms with Crippen molar-refractivity contribution in [3.05, 3.63) is 40.1 Å². The van der Waals surface area contributed by atoms with Gasteiger partial charge in [0, 0.05) is 43.8 Å². The first-order valence-corrected chi connectivity index (χ1v) is 9.51. The van der Waals surface area contributed by atoms with Crippen LogP contribution in [0.25, 0.3) is 0 Å². The second-order valence-corrected chi connectivity index (χ2v) is 7.56. The molecule has 0 saturated carbocycles. The second-order valence-electron chi connectivity index (χ2n) is 6.53. The minimum atomic E-state index is 0.703. The maximum Gasteiger partial charge on any atom is 0.105 e.